The van der Waals surface area contributed by atoms with Crippen LogP contribution in [0.5, 0.6) is 0 Å². The van der Waals surface area contributed by atoms with Crippen molar-refractivity contribution in [1.29, 1.82) is 0 Å². The summed E-state index contributed by atoms with van der Waals surface area (Å²) >= 11 is 1.65. The number of thiophene rings is 1. The SMILES string of the molecule is CCOCCc1nc(NN)c2cc(C)sc2n1. The first-order valence-corrected chi connectivity index (χ1v) is 6.37. The van der Waals surface area contributed by atoms with Crippen molar-refractivity contribution in [3.8, 4) is 0 Å². The van der Waals surface area contributed by atoms with Crippen molar-refractivity contribution in [3.05, 3.63) is 16.8 Å². The number of rotatable bonds is 5. The smallest absolute Gasteiger partial charge is 0.152 e. The van der Waals surface area contributed by atoms with Gasteiger partial charge in [0.2, 0.25) is 0 Å². The second-order valence-corrected chi connectivity index (χ2v) is 4.89. The van der Waals surface area contributed by atoms with E-state index in [-0.39, 0.29) is 0 Å². The van der Waals surface area contributed by atoms with Gasteiger partial charge in [0.15, 0.2) is 5.82 Å². The van der Waals surface area contributed by atoms with Gasteiger partial charge in [-0.1, -0.05) is 0 Å². The number of anilines is 1. The lowest BCUT2D eigenvalue weighted by atomic mass is 10.3. The molecule has 0 atom stereocenters. The van der Waals surface area contributed by atoms with Gasteiger partial charge in [-0.3, -0.25) is 0 Å². The summed E-state index contributed by atoms with van der Waals surface area (Å²) in [5.74, 6) is 6.93. The first-order chi connectivity index (χ1) is 8.24. The molecular weight excluding hydrogens is 236 g/mol. The highest BCUT2D eigenvalue weighted by molar-refractivity contribution is 7.18. The summed E-state index contributed by atoms with van der Waals surface area (Å²) in [5.41, 5.74) is 2.63. The topological polar surface area (TPSA) is 73.1 Å². The van der Waals surface area contributed by atoms with E-state index in [0.29, 0.717) is 25.5 Å². The molecule has 0 radical (unpaired) electrons. The maximum absolute atomic E-state index is 5.48. The molecule has 5 nitrogen and oxygen atoms in total. The Kier molecular flexibility index (Phi) is 3.88. The molecule has 0 spiro atoms. The molecule has 6 heteroatoms. The summed E-state index contributed by atoms with van der Waals surface area (Å²) < 4.78 is 5.30. The second-order valence-electron chi connectivity index (χ2n) is 3.66. The van der Waals surface area contributed by atoms with Crippen molar-refractivity contribution in [2.75, 3.05) is 18.6 Å². The molecule has 0 aliphatic heterocycles. The Labute approximate surface area is 104 Å². The maximum Gasteiger partial charge on any atom is 0.152 e. The van der Waals surface area contributed by atoms with E-state index in [2.05, 4.69) is 15.4 Å². The summed E-state index contributed by atoms with van der Waals surface area (Å²) in [7, 11) is 0. The lowest BCUT2D eigenvalue weighted by Gasteiger charge is -2.05. The number of ether oxygens (including phenoxy) is 1. The maximum atomic E-state index is 5.48. The molecule has 0 saturated carbocycles. The van der Waals surface area contributed by atoms with Crippen LogP contribution in [0, 0.1) is 6.92 Å². The number of aromatic nitrogens is 2. The third kappa shape index (κ3) is 2.71. The van der Waals surface area contributed by atoms with Gasteiger partial charge in [-0.05, 0) is 19.9 Å². The number of nitrogen functional groups attached to an aromatic ring is 1. The first-order valence-electron chi connectivity index (χ1n) is 5.56. The minimum Gasteiger partial charge on any atom is -0.381 e. The number of hydrogen-bond donors (Lipinski definition) is 2. The summed E-state index contributed by atoms with van der Waals surface area (Å²) in [6, 6.07) is 2.04. The lowest BCUT2D eigenvalue weighted by Crippen LogP contribution is -2.11. The molecule has 0 aliphatic rings. The Morgan fingerprint density at radius 2 is 2.29 bits per heavy atom. The molecule has 2 aromatic rings. The fourth-order valence-electron chi connectivity index (χ4n) is 1.62. The van der Waals surface area contributed by atoms with Crippen molar-refractivity contribution in [3.63, 3.8) is 0 Å². The van der Waals surface area contributed by atoms with Crippen molar-refractivity contribution < 1.29 is 4.74 Å². The third-order valence-corrected chi connectivity index (χ3v) is 3.32. The van der Waals surface area contributed by atoms with Crippen LogP contribution in [-0.2, 0) is 11.2 Å². The lowest BCUT2D eigenvalue weighted by molar-refractivity contribution is 0.149. The molecule has 0 aliphatic carbocycles. The van der Waals surface area contributed by atoms with E-state index in [4.69, 9.17) is 10.6 Å². The molecule has 0 bridgehead atoms. The number of aryl methyl sites for hydroxylation is 1. The Bertz CT molecular complexity index is 511. The zero-order chi connectivity index (χ0) is 12.3. The fourth-order valence-corrected chi connectivity index (χ4v) is 2.51. The van der Waals surface area contributed by atoms with Crippen LogP contribution in [-0.4, -0.2) is 23.2 Å². The van der Waals surface area contributed by atoms with Gasteiger partial charge in [0, 0.05) is 17.9 Å². The van der Waals surface area contributed by atoms with E-state index >= 15 is 0 Å². The van der Waals surface area contributed by atoms with Crippen LogP contribution in [0.3, 0.4) is 0 Å². The minimum atomic E-state index is 0.635. The van der Waals surface area contributed by atoms with Gasteiger partial charge in [-0.2, -0.15) is 0 Å². The van der Waals surface area contributed by atoms with Gasteiger partial charge in [0.25, 0.3) is 0 Å². The number of nitrogens with two attached hydrogens (primary N) is 1. The zero-order valence-corrected chi connectivity index (χ0v) is 10.8. The van der Waals surface area contributed by atoms with Crippen molar-refractivity contribution in [2.24, 2.45) is 5.84 Å². The second kappa shape index (κ2) is 5.39. The van der Waals surface area contributed by atoms with Crippen LogP contribution in [0.25, 0.3) is 10.2 Å². The molecule has 2 aromatic heterocycles. The van der Waals surface area contributed by atoms with Crippen LogP contribution >= 0.6 is 11.3 Å². The average molecular weight is 252 g/mol. The monoisotopic (exact) mass is 252 g/mol. The highest BCUT2D eigenvalue weighted by Gasteiger charge is 2.09. The number of fused-ring (bicyclic) bond motifs is 1. The van der Waals surface area contributed by atoms with E-state index in [1.54, 1.807) is 11.3 Å². The van der Waals surface area contributed by atoms with E-state index in [1.807, 2.05) is 19.9 Å². The minimum absolute atomic E-state index is 0.635. The molecule has 0 aromatic carbocycles. The largest absolute Gasteiger partial charge is 0.381 e. The molecule has 92 valence electrons. The Hall–Kier alpha value is -1.24. The molecule has 0 saturated heterocycles. The zero-order valence-electron chi connectivity index (χ0n) is 9.99. The van der Waals surface area contributed by atoms with Crippen LogP contribution in [0.1, 0.15) is 17.6 Å². The summed E-state index contributed by atoms with van der Waals surface area (Å²) in [5, 5.41) is 0.982. The third-order valence-electron chi connectivity index (χ3n) is 2.37. The normalized spacial score (nSPS) is 11.0. The molecule has 0 unspecified atom stereocenters. The standard InChI is InChI=1S/C11H16N4OS/c1-3-16-5-4-9-13-10(15-12)8-6-7(2)17-11(8)14-9/h6H,3-5,12H2,1-2H3,(H,13,14,15). The molecule has 0 amide bonds. The molecule has 17 heavy (non-hydrogen) atoms. The van der Waals surface area contributed by atoms with E-state index in [1.165, 1.54) is 4.88 Å². The fraction of sp³-hybridized carbons (Fsp3) is 0.455. The molecule has 2 heterocycles. The van der Waals surface area contributed by atoms with Crippen LogP contribution in [0.4, 0.5) is 5.82 Å². The van der Waals surface area contributed by atoms with Crippen LogP contribution in [0.2, 0.25) is 0 Å². The Morgan fingerprint density at radius 3 is 3.00 bits per heavy atom. The van der Waals surface area contributed by atoms with Crippen molar-refractivity contribution in [1.82, 2.24) is 9.97 Å². The highest BCUT2D eigenvalue weighted by atomic mass is 32.1. The van der Waals surface area contributed by atoms with Gasteiger partial charge in [0.05, 0.1) is 12.0 Å². The predicted octanol–water partition coefficient (Wildman–Crippen LogP) is 1.86. The van der Waals surface area contributed by atoms with Gasteiger partial charge in [-0.25, -0.2) is 15.8 Å². The summed E-state index contributed by atoms with van der Waals surface area (Å²) in [6.45, 7) is 5.37. The number of nitrogens with zero attached hydrogens (tertiary/aromatic N) is 2. The van der Waals surface area contributed by atoms with Crippen molar-refractivity contribution >= 4 is 27.4 Å². The van der Waals surface area contributed by atoms with Gasteiger partial charge in [0.1, 0.15) is 10.7 Å². The quantitative estimate of drug-likeness (QED) is 0.483. The predicted molar refractivity (Wildman–Crippen MR) is 70.2 cm³/mol. The van der Waals surface area contributed by atoms with Crippen molar-refractivity contribution in [2.45, 2.75) is 20.3 Å². The van der Waals surface area contributed by atoms with Gasteiger partial charge in [-0.15, -0.1) is 11.3 Å². The summed E-state index contributed by atoms with van der Waals surface area (Å²) in [4.78, 5) is 11.1. The average Bonchev–Trinajstić information content (AvgIpc) is 2.68. The first kappa shape index (κ1) is 12.2. The molecular formula is C11H16N4OS. The highest BCUT2D eigenvalue weighted by Crippen LogP contribution is 2.27. The van der Waals surface area contributed by atoms with E-state index in [9.17, 15) is 0 Å². The molecule has 0 fully saturated rings. The molecule has 2 rings (SSSR count). The van der Waals surface area contributed by atoms with Crippen LogP contribution in [0.15, 0.2) is 6.07 Å². The van der Waals surface area contributed by atoms with E-state index < -0.39 is 0 Å². The number of hydrazine groups is 1. The van der Waals surface area contributed by atoms with Gasteiger partial charge >= 0.3 is 0 Å². The number of hydrogen-bond acceptors (Lipinski definition) is 6. The number of nitrogens with one attached hydrogen (secondary N) is 1. The van der Waals surface area contributed by atoms with E-state index in [0.717, 1.165) is 16.0 Å². The van der Waals surface area contributed by atoms with Crippen LogP contribution < -0.4 is 11.3 Å². The molecule has 3 N–H and O–H groups in total. The Morgan fingerprint density at radius 1 is 1.47 bits per heavy atom. The summed E-state index contributed by atoms with van der Waals surface area (Å²) in [6.07, 6.45) is 0.704. The Balaban J connectivity index is 2.31. The van der Waals surface area contributed by atoms with Gasteiger partial charge < -0.3 is 10.2 Å².